The first-order valence-electron chi connectivity index (χ1n) is 7.31. The minimum Gasteiger partial charge on any atom is -0.395 e. The zero-order chi connectivity index (χ0) is 13.5. The van der Waals surface area contributed by atoms with Crippen LogP contribution in [0.3, 0.4) is 0 Å². The summed E-state index contributed by atoms with van der Waals surface area (Å²) in [6.45, 7) is 2.46. The molecule has 1 heterocycles. The highest BCUT2D eigenvalue weighted by atomic mass is 79.9. The molecule has 3 heteroatoms. The van der Waals surface area contributed by atoms with Gasteiger partial charge in [-0.3, -0.25) is 4.90 Å². The van der Waals surface area contributed by atoms with E-state index in [2.05, 4.69) is 51.2 Å². The first kappa shape index (κ1) is 15.0. The molecule has 19 heavy (non-hydrogen) atoms. The van der Waals surface area contributed by atoms with Gasteiger partial charge < -0.3 is 5.11 Å². The van der Waals surface area contributed by atoms with Gasteiger partial charge >= 0.3 is 0 Å². The molecule has 1 aromatic rings. The first-order valence-corrected chi connectivity index (χ1v) is 8.43. The van der Waals surface area contributed by atoms with Crippen molar-refractivity contribution in [1.29, 1.82) is 0 Å². The fourth-order valence-electron chi connectivity index (χ4n) is 2.94. The van der Waals surface area contributed by atoms with E-state index in [-0.39, 0.29) is 0 Å². The zero-order valence-electron chi connectivity index (χ0n) is 11.5. The molecular weight excluding hydrogens is 302 g/mol. The summed E-state index contributed by atoms with van der Waals surface area (Å²) < 4.78 is 0. The molecule has 1 saturated heterocycles. The van der Waals surface area contributed by atoms with Crippen molar-refractivity contribution in [2.75, 3.05) is 25.0 Å². The Kier molecular flexibility index (Phi) is 6.35. The van der Waals surface area contributed by atoms with Gasteiger partial charge in [0, 0.05) is 23.8 Å². The molecule has 0 saturated carbocycles. The normalized spacial score (nSPS) is 22.9. The maximum Gasteiger partial charge on any atom is 0.0586 e. The van der Waals surface area contributed by atoms with Crippen LogP contribution in [-0.2, 0) is 0 Å². The molecule has 0 spiro atoms. The summed E-state index contributed by atoms with van der Waals surface area (Å²) in [6.07, 6.45) is 4.96. The van der Waals surface area contributed by atoms with Crippen molar-refractivity contribution >= 4 is 15.9 Å². The lowest BCUT2D eigenvalue weighted by atomic mass is 9.99. The number of aliphatic hydroxyl groups is 1. The fraction of sp³-hybridized carbons (Fsp3) is 0.625. The minimum absolute atomic E-state index is 0.295. The van der Waals surface area contributed by atoms with Gasteiger partial charge in [-0.25, -0.2) is 0 Å². The zero-order valence-corrected chi connectivity index (χ0v) is 13.1. The molecule has 0 aromatic heterocycles. The fourth-order valence-corrected chi connectivity index (χ4v) is 3.51. The lowest BCUT2D eigenvalue weighted by Gasteiger charge is -2.31. The van der Waals surface area contributed by atoms with E-state index in [4.69, 9.17) is 0 Å². The van der Waals surface area contributed by atoms with Gasteiger partial charge in [0.15, 0.2) is 0 Å². The Balaban J connectivity index is 2.03. The molecule has 1 aliphatic heterocycles. The predicted octanol–water partition coefficient (Wildman–Crippen LogP) is 3.40. The van der Waals surface area contributed by atoms with Gasteiger partial charge in [-0.15, -0.1) is 0 Å². The topological polar surface area (TPSA) is 23.5 Å². The number of hydrogen-bond donors (Lipinski definition) is 1. The third-order valence-electron chi connectivity index (χ3n) is 4.12. The summed E-state index contributed by atoms with van der Waals surface area (Å²) in [5.74, 6) is 0.508. The van der Waals surface area contributed by atoms with Crippen molar-refractivity contribution < 1.29 is 5.11 Å². The standard InChI is InChI=1S/C16H24BrNO/c17-11-15(14-7-3-1-4-8-14)12-18-10-6-2-5-9-16(18)13-19/h1,3-4,7-8,15-16,19H,2,5-6,9-13H2. The first-order chi connectivity index (χ1) is 9.35. The molecule has 0 radical (unpaired) electrons. The molecule has 106 valence electrons. The van der Waals surface area contributed by atoms with Crippen LogP contribution >= 0.6 is 15.9 Å². The second kappa shape index (κ2) is 8.03. The lowest BCUT2D eigenvalue weighted by Crippen LogP contribution is -2.40. The van der Waals surface area contributed by atoms with Gasteiger partial charge in [-0.05, 0) is 24.9 Å². The van der Waals surface area contributed by atoms with Crippen LogP contribution in [0.4, 0.5) is 0 Å². The van der Waals surface area contributed by atoms with E-state index < -0.39 is 0 Å². The van der Waals surface area contributed by atoms with E-state index in [1.54, 1.807) is 0 Å². The van der Waals surface area contributed by atoms with E-state index in [9.17, 15) is 5.11 Å². The average Bonchev–Trinajstić information content (AvgIpc) is 2.70. The number of benzene rings is 1. The Morgan fingerprint density at radius 2 is 2.00 bits per heavy atom. The van der Waals surface area contributed by atoms with Gasteiger partial charge in [0.1, 0.15) is 0 Å². The third kappa shape index (κ3) is 4.30. The highest BCUT2D eigenvalue weighted by Gasteiger charge is 2.23. The molecule has 1 fully saturated rings. The van der Waals surface area contributed by atoms with Crippen LogP contribution in [0.25, 0.3) is 0 Å². The molecule has 1 aliphatic rings. The molecule has 0 bridgehead atoms. The van der Waals surface area contributed by atoms with Crippen LogP contribution in [-0.4, -0.2) is 41.1 Å². The number of alkyl halides is 1. The van der Waals surface area contributed by atoms with Crippen LogP contribution in [0.1, 0.15) is 37.2 Å². The monoisotopic (exact) mass is 325 g/mol. The van der Waals surface area contributed by atoms with Gasteiger partial charge in [0.2, 0.25) is 0 Å². The molecular formula is C16H24BrNO. The largest absolute Gasteiger partial charge is 0.395 e. The molecule has 2 rings (SSSR count). The van der Waals surface area contributed by atoms with Gasteiger partial charge in [-0.2, -0.15) is 0 Å². The minimum atomic E-state index is 0.295. The maximum atomic E-state index is 9.59. The lowest BCUT2D eigenvalue weighted by molar-refractivity contribution is 0.120. The summed E-state index contributed by atoms with van der Waals surface area (Å²) in [5.41, 5.74) is 1.39. The molecule has 2 nitrogen and oxygen atoms in total. The van der Waals surface area contributed by atoms with Crippen LogP contribution in [0.5, 0.6) is 0 Å². The molecule has 1 N–H and O–H groups in total. The third-order valence-corrected chi connectivity index (χ3v) is 4.90. The van der Waals surface area contributed by atoms with Crippen LogP contribution in [0.15, 0.2) is 30.3 Å². The van der Waals surface area contributed by atoms with E-state index >= 15 is 0 Å². The van der Waals surface area contributed by atoms with E-state index in [1.165, 1.54) is 24.8 Å². The summed E-state index contributed by atoms with van der Waals surface area (Å²) in [6, 6.07) is 11.0. The van der Waals surface area contributed by atoms with E-state index in [0.29, 0.717) is 18.6 Å². The maximum absolute atomic E-state index is 9.59. The van der Waals surface area contributed by atoms with E-state index in [1.807, 2.05) is 0 Å². The summed E-state index contributed by atoms with van der Waals surface area (Å²) in [5, 5.41) is 10.6. The SMILES string of the molecule is OCC1CCCCCN1CC(CBr)c1ccccc1. The Morgan fingerprint density at radius 3 is 2.68 bits per heavy atom. The Morgan fingerprint density at radius 1 is 1.21 bits per heavy atom. The molecule has 1 aromatic carbocycles. The molecule has 0 amide bonds. The molecule has 2 unspecified atom stereocenters. The van der Waals surface area contributed by atoms with Crippen LogP contribution in [0, 0.1) is 0 Å². The van der Waals surface area contributed by atoms with Gasteiger partial charge in [0.25, 0.3) is 0 Å². The van der Waals surface area contributed by atoms with Crippen molar-refractivity contribution in [3.05, 3.63) is 35.9 Å². The van der Waals surface area contributed by atoms with Gasteiger partial charge in [-0.1, -0.05) is 59.1 Å². The van der Waals surface area contributed by atoms with Crippen LogP contribution in [0.2, 0.25) is 0 Å². The number of aliphatic hydroxyl groups excluding tert-OH is 1. The average molecular weight is 326 g/mol. The van der Waals surface area contributed by atoms with E-state index in [0.717, 1.165) is 24.8 Å². The Bertz CT molecular complexity index is 357. The van der Waals surface area contributed by atoms with Crippen molar-refractivity contribution in [2.45, 2.75) is 37.6 Å². The van der Waals surface area contributed by atoms with Crippen molar-refractivity contribution in [3.63, 3.8) is 0 Å². The summed E-state index contributed by atoms with van der Waals surface area (Å²) in [7, 11) is 0. The number of likely N-dealkylation sites (tertiary alicyclic amines) is 1. The number of rotatable bonds is 5. The second-order valence-electron chi connectivity index (χ2n) is 5.44. The number of halogens is 1. The van der Waals surface area contributed by atoms with Crippen molar-refractivity contribution in [3.8, 4) is 0 Å². The van der Waals surface area contributed by atoms with Crippen molar-refractivity contribution in [1.82, 2.24) is 4.90 Å². The smallest absolute Gasteiger partial charge is 0.0586 e. The van der Waals surface area contributed by atoms with Crippen molar-refractivity contribution in [2.24, 2.45) is 0 Å². The summed E-state index contributed by atoms with van der Waals surface area (Å²) >= 11 is 3.65. The number of hydrogen-bond acceptors (Lipinski definition) is 2. The Labute approximate surface area is 124 Å². The quantitative estimate of drug-likeness (QED) is 0.839. The highest BCUT2D eigenvalue weighted by Crippen LogP contribution is 2.24. The van der Waals surface area contributed by atoms with Crippen LogP contribution < -0.4 is 0 Å². The Hall–Kier alpha value is -0.380. The second-order valence-corrected chi connectivity index (χ2v) is 6.09. The highest BCUT2D eigenvalue weighted by molar-refractivity contribution is 9.09. The van der Waals surface area contributed by atoms with Gasteiger partial charge in [0.05, 0.1) is 6.61 Å². The molecule has 2 atom stereocenters. The summed E-state index contributed by atoms with van der Waals surface area (Å²) in [4.78, 5) is 2.49. The number of nitrogens with zero attached hydrogens (tertiary/aromatic N) is 1. The predicted molar refractivity (Wildman–Crippen MR) is 83.9 cm³/mol. The molecule has 0 aliphatic carbocycles.